The number of aryl methyl sites for hydroxylation is 2. The molecule has 27 heavy (non-hydrogen) atoms. The fourth-order valence-corrected chi connectivity index (χ4v) is 3.95. The first kappa shape index (κ1) is 23.9. The van der Waals surface area contributed by atoms with Gasteiger partial charge < -0.3 is 0 Å². The van der Waals surface area contributed by atoms with Gasteiger partial charge in [-0.1, -0.05) is 108 Å². The normalized spacial score (nSPS) is 12.3. The molecule has 154 valence electrons. The molecule has 0 radical (unpaired) electrons. The first-order valence-electron chi connectivity index (χ1n) is 11.8. The molecule has 0 aliphatic heterocycles. The third-order valence-electron chi connectivity index (χ3n) is 5.94. The second kappa shape index (κ2) is 15.9. The molecule has 0 amide bonds. The van der Waals surface area contributed by atoms with Crippen molar-refractivity contribution in [3.63, 3.8) is 0 Å². The monoisotopic (exact) mass is 372 g/mol. The summed E-state index contributed by atoms with van der Waals surface area (Å²) < 4.78 is 0. The summed E-state index contributed by atoms with van der Waals surface area (Å²) in [5, 5.41) is 0. The average Bonchev–Trinajstić information content (AvgIpc) is 2.69. The van der Waals surface area contributed by atoms with Gasteiger partial charge in [0.25, 0.3) is 0 Å². The van der Waals surface area contributed by atoms with Crippen LogP contribution in [0.5, 0.6) is 0 Å². The summed E-state index contributed by atoms with van der Waals surface area (Å²) in [6.45, 7) is 6.30. The maximum absolute atomic E-state index is 11.8. The van der Waals surface area contributed by atoms with Crippen molar-refractivity contribution >= 4 is 5.78 Å². The molecular formula is C26H44O. The van der Waals surface area contributed by atoms with E-state index in [0.29, 0.717) is 18.1 Å². The van der Waals surface area contributed by atoms with Crippen LogP contribution in [0, 0.1) is 12.8 Å². The summed E-state index contributed by atoms with van der Waals surface area (Å²) in [6, 6.07) is 9.00. The Bertz CT molecular complexity index is 473. The summed E-state index contributed by atoms with van der Waals surface area (Å²) in [6.07, 6.45) is 19.1. The van der Waals surface area contributed by atoms with Gasteiger partial charge in [0, 0.05) is 12.3 Å². The van der Waals surface area contributed by atoms with Crippen molar-refractivity contribution in [1.29, 1.82) is 0 Å². The van der Waals surface area contributed by atoms with Gasteiger partial charge in [0.2, 0.25) is 0 Å². The van der Waals surface area contributed by atoms with Crippen LogP contribution < -0.4 is 0 Å². The van der Waals surface area contributed by atoms with E-state index in [1.54, 1.807) is 0 Å². The fourth-order valence-electron chi connectivity index (χ4n) is 3.95. The molecule has 1 aromatic rings. The number of carbonyl (C=O) groups excluding carboxylic acids is 1. The largest absolute Gasteiger partial charge is 0.299 e. The molecule has 1 rings (SSSR count). The standard InChI is InChI=1S/C26H44O/c1-4-25(26(27)5-2)18-16-14-12-10-8-6-7-9-11-13-15-17-24-21-19-23(3)20-22-24/h19-22,25H,4-18H2,1-3H3. The maximum Gasteiger partial charge on any atom is 0.135 e. The van der Waals surface area contributed by atoms with Crippen molar-refractivity contribution in [2.45, 2.75) is 117 Å². The van der Waals surface area contributed by atoms with Gasteiger partial charge in [-0.05, 0) is 38.2 Å². The van der Waals surface area contributed by atoms with Gasteiger partial charge in [-0.15, -0.1) is 0 Å². The number of rotatable bonds is 17. The van der Waals surface area contributed by atoms with Crippen molar-refractivity contribution in [2.75, 3.05) is 0 Å². The van der Waals surface area contributed by atoms with Crippen LogP contribution >= 0.6 is 0 Å². The molecule has 0 fully saturated rings. The minimum atomic E-state index is 0.334. The van der Waals surface area contributed by atoms with Gasteiger partial charge in [0.1, 0.15) is 5.78 Å². The molecule has 0 bridgehead atoms. The Labute approximate surface area is 169 Å². The van der Waals surface area contributed by atoms with Crippen LogP contribution in [0.3, 0.4) is 0 Å². The smallest absolute Gasteiger partial charge is 0.135 e. The molecule has 0 saturated heterocycles. The molecule has 0 heterocycles. The van der Waals surface area contributed by atoms with Crippen LogP contribution in [0.2, 0.25) is 0 Å². The average molecular weight is 373 g/mol. The minimum Gasteiger partial charge on any atom is -0.299 e. The van der Waals surface area contributed by atoms with Crippen molar-refractivity contribution < 1.29 is 4.79 Å². The van der Waals surface area contributed by atoms with Crippen molar-refractivity contribution in [3.05, 3.63) is 35.4 Å². The number of carbonyl (C=O) groups is 1. The molecule has 0 N–H and O–H groups in total. The van der Waals surface area contributed by atoms with Crippen LogP contribution in [0.15, 0.2) is 24.3 Å². The molecule has 0 saturated carbocycles. The molecule has 1 nitrogen and oxygen atoms in total. The highest BCUT2D eigenvalue weighted by atomic mass is 16.1. The number of hydrogen-bond donors (Lipinski definition) is 0. The number of ketones is 1. The van der Waals surface area contributed by atoms with E-state index in [-0.39, 0.29) is 0 Å². The quantitative estimate of drug-likeness (QED) is 0.252. The van der Waals surface area contributed by atoms with Crippen LogP contribution in [0.4, 0.5) is 0 Å². The van der Waals surface area contributed by atoms with Gasteiger partial charge in [-0.3, -0.25) is 4.79 Å². The first-order chi connectivity index (χ1) is 13.2. The van der Waals surface area contributed by atoms with E-state index in [4.69, 9.17) is 0 Å². The lowest BCUT2D eigenvalue weighted by Gasteiger charge is -2.12. The highest BCUT2D eigenvalue weighted by Crippen LogP contribution is 2.18. The summed E-state index contributed by atoms with van der Waals surface area (Å²) in [7, 11) is 0. The summed E-state index contributed by atoms with van der Waals surface area (Å²) >= 11 is 0. The Kier molecular flexibility index (Phi) is 14.1. The predicted molar refractivity (Wildman–Crippen MR) is 119 cm³/mol. The third-order valence-corrected chi connectivity index (χ3v) is 5.94. The Hall–Kier alpha value is -1.11. The lowest BCUT2D eigenvalue weighted by molar-refractivity contribution is -0.122. The predicted octanol–water partition coefficient (Wildman–Crippen LogP) is 8.22. The van der Waals surface area contributed by atoms with Crippen molar-refractivity contribution in [2.24, 2.45) is 5.92 Å². The molecule has 0 aliphatic rings. The van der Waals surface area contributed by atoms with Crippen molar-refractivity contribution in [3.8, 4) is 0 Å². The van der Waals surface area contributed by atoms with E-state index in [1.165, 1.54) is 88.2 Å². The van der Waals surface area contributed by atoms with E-state index >= 15 is 0 Å². The molecule has 0 spiro atoms. The maximum atomic E-state index is 11.8. The van der Waals surface area contributed by atoms with Crippen LogP contribution in [-0.2, 0) is 11.2 Å². The van der Waals surface area contributed by atoms with Gasteiger partial charge in [0.15, 0.2) is 0 Å². The molecule has 1 atom stereocenters. The zero-order chi connectivity index (χ0) is 19.7. The molecule has 1 heteroatoms. The molecule has 1 aromatic carbocycles. The SMILES string of the molecule is CCC(=O)C(CC)CCCCCCCCCCCCCc1ccc(C)cc1. The van der Waals surface area contributed by atoms with Gasteiger partial charge in [-0.25, -0.2) is 0 Å². The van der Waals surface area contributed by atoms with Crippen LogP contribution in [0.1, 0.15) is 115 Å². The van der Waals surface area contributed by atoms with Gasteiger partial charge >= 0.3 is 0 Å². The van der Waals surface area contributed by atoms with Gasteiger partial charge in [-0.2, -0.15) is 0 Å². The second-order valence-electron chi connectivity index (χ2n) is 8.34. The Morgan fingerprint density at radius 3 is 1.70 bits per heavy atom. The fraction of sp³-hybridized carbons (Fsp3) is 0.731. The van der Waals surface area contributed by atoms with E-state index < -0.39 is 0 Å². The topological polar surface area (TPSA) is 17.1 Å². The first-order valence-corrected chi connectivity index (χ1v) is 11.8. The van der Waals surface area contributed by atoms with E-state index in [9.17, 15) is 4.79 Å². The molecule has 1 unspecified atom stereocenters. The lowest BCUT2D eigenvalue weighted by Crippen LogP contribution is -2.12. The molecule has 0 aliphatic carbocycles. The highest BCUT2D eigenvalue weighted by molar-refractivity contribution is 5.80. The molecule has 0 aromatic heterocycles. The Balaban J connectivity index is 1.83. The third kappa shape index (κ3) is 12.1. The summed E-state index contributed by atoms with van der Waals surface area (Å²) in [4.78, 5) is 11.8. The number of unbranched alkanes of at least 4 members (excludes halogenated alkanes) is 10. The van der Waals surface area contributed by atoms with E-state index in [2.05, 4.69) is 38.1 Å². The number of Topliss-reactive ketones (excluding diaryl/α,β-unsaturated/α-hetero) is 1. The van der Waals surface area contributed by atoms with Crippen LogP contribution in [-0.4, -0.2) is 5.78 Å². The highest BCUT2D eigenvalue weighted by Gasteiger charge is 2.13. The second-order valence-corrected chi connectivity index (χ2v) is 8.34. The number of hydrogen-bond acceptors (Lipinski definition) is 1. The number of benzene rings is 1. The van der Waals surface area contributed by atoms with Crippen molar-refractivity contribution in [1.82, 2.24) is 0 Å². The zero-order valence-corrected chi connectivity index (χ0v) is 18.4. The summed E-state index contributed by atoms with van der Waals surface area (Å²) in [5.41, 5.74) is 2.85. The summed E-state index contributed by atoms with van der Waals surface area (Å²) in [5.74, 6) is 0.803. The molecular weight excluding hydrogens is 328 g/mol. The Morgan fingerprint density at radius 1 is 0.741 bits per heavy atom. The zero-order valence-electron chi connectivity index (χ0n) is 18.4. The lowest BCUT2D eigenvalue weighted by atomic mass is 9.92. The van der Waals surface area contributed by atoms with E-state index in [0.717, 1.165) is 12.8 Å². The Morgan fingerprint density at radius 2 is 1.22 bits per heavy atom. The van der Waals surface area contributed by atoms with Crippen LogP contribution in [0.25, 0.3) is 0 Å². The van der Waals surface area contributed by atoms with Gasteiger partial charge in [0.05, 0.1) is 0 Å². The van der Waals surface area contributed by atoms with E-state index in [1.807, 2.05) is 6.92 Å². The minimum absolute atomic E-state index is 0.334.